The maximum atomic E-state index is 13.3. The van der Waals surface area contributed by atoms with Crippen molar-refractivity contribution >= 4 is 23.1 Å². The molecule has 3 rings (SSSR count). The van der Waals surface area contributed by atoms with Gasteiger partial charge in [0.1, 0.15) is 0 Å². The normalized spacial score (nSPS) is 11.3. The molecule has 0 atom stereocenters. The third kappa shape index (κ3) is 5.60. The van der Waals surface area contributed by atoms with Crippen LogP contribution in [0.5, 0.6) is 0 Å². The first-order valence-corrected chi connectivity index (χ1v) is 10.0. The number of halogens is 3. The van der Waals surface area contributed by atoms with Crippen LogP contribution in [0.15, 0.2) is 66.0 Å². The number of benzene rings is 2. The largest absolute Gasteiger partial charge is 0.418 e. The van der Waals surface area contributed by atoms with Gasteiger partial charge in [-0.1, -0.05) is 42.5 Å². The zero-order chi connectivity index (χ0) is 20.9. The van der Waals surface area contributed by atoms with Crippen LogP contribution in [0.1, 0.15) is 21.6 Å². The molecule has 0 saturated carbocycles. The van der Waals surface area contributed by atoms with Crippen LogP contribution in [0.3, 0.4) is 0 Å². The summed E-state index contributed by atoms with van der Waals surface area (Å²) in [6.45, 7) is 2.69. The Labute approximate surface area is 171 Å². The molecule has 0 bridgehead atoms. The van der Waals surface area contributed by atoms with Crippen molar-refractivity contribution in [2.24, 2.45) is 0 Å². The predicted molar refractivity (Wildman–Crippen MR) is 110 cm³/mol. The zero-order valence-corrected chi connectivity index (χ0v) is 16.7. The molecule has 1 N–H and O–H groups in total. The molecule has 0 fully saturated rings. The SMILES string of the molecule is Cc1ccsc1CN(CCc1ccccc1)C(=O)Nc1ccccc1C(F)(F)F. The molecule has 2 aromatic carbocycles. The highest BCUT2D eigenvalue weighted by molar-refractivity contribution is 7.10. The summed E-state index contributed by atoms with van der Waals surface area (Å²) in [5, 5.41) is 4.40. The molecule has 0 aliphatic carbocycles. The Balaban J connectivity index is 1.79. The van der Waals surface area contributed by atoms with Crippen LogP contribution < -0.4 is 5.32 Å². The van der Waals surface area contributed by atoms with Crippen LogP contribution in [0, 0.1) is 6.92 Å². The number of carbonyl (C=O) groups is 1. The third-order valence-corrected chi connectivity index (χ3v) is 5.58. The molecule has 7 heteroatoms. The summed E-state index contributed by atoms with van der Waals surface area (Å²) in [4.78, 5) is 15.5. The van der Waals surface area contributed by atoms with Crippen molar-refractivity contribution in [1.29, 1.82) is 0 Å². The van der Waals surface area contributed by atoms with Crippen molar-refractivity contribution < 1.29 is 18.0 Å². The van der Waals surface area contributed by atoms with Gasteiger partial charge in [-0.15, -0.1) is 11.3 Å². The first kappa shape index (κ1) is 20.9. The average Bonchev–Trinajstić information content (AvgIpc) is 3.10. The lowest BCUT2D eigenvalue weighted by atomic mass is 10.1. The van der Waals surface area contributed by atoms with Crippen molar-refractivity contribution in [3.8, 4) is 0 Å². The van der Waals surface area contributed by atoms with Gasteiger partial charge in [0.15, 0.2) is 0 Å². The number of urea groups is 1. The topological polar surface area (TPSA) is 32.3 Å². The lowest BCUT2D eigenvalue weighted by Crippen LogP contribution is -2.36. The summed E-state index contributed by atoms with van der Waals surface area (Å²) in [6, 6.07) is 16.1. The van der Waals surface area contributed by atoms with Gasteiger partial charge in [-0.25, -0.2) is 4.79 Å². The van der Waals surface area contributed by atoms with Crippen LogP contribution in [-0.2, 0) is 19.1 Å². The molecular formula is C22H21F3N2OS. The van der Waals surface area contributed by atoms with Crippen LogP contribution in [0.2, 0.25) is 0 Å². The Bertz CT molecular complexity index is 954. The number of rotatable bonds is 6. The van der Waals surface area contributed by atoms with Crippen molar-refractivity contribution in [2.45, 2.75) is 26.1 Å². The first-order chi connectivity index (χ1) is 13.8. The molecule has 2 amide bonds. The fourth-order valence-electron chi connectivity index (χ4n) is 2.93. The summed E-state index contributed by atoms with van der Waals surface area (Å²) in [6.07, 6.45) is -3.93. The molecule has 0 aliphatic heterocycles. The number of nitrogens with zero attached hydrogens (tertiary/aromatic N) is 1. The van der Waals surface area contributed by atoms with Crippen molar-refractivity contribution in [3.63, 3.8) is 0 Å². The molecule has 29 heavy (non-hydrogen) atoms. The van der Waals surface area contributed by atoms with Gasteiger partial charge in [0.05, 0.1) is 17.8 Å². The Hall–Kier alpha value is -2.80. The summed E-state index contributed by atoms with van der Waals surface area (Å²) < 4.78 is 39.8. The van der Waals surface area contributed by atoms with E-state index in [9.17, 15) is 18.0 Å². The molecule has 3 aromatic rings. The van der Waals surface area contributed by atoms with Gasteiger partial charge < -0.3 is 10.2 Å². The molecule has 0 saturated heterocycles. The van der Waals surface area contributed by atoms with Crippen LogP contribution in [-0.4, -0.2) is 17.5 Å². The van der Waals surface area contributed by atoms with Gasteiger partial charge >= 0.3 is 12.2 Å². The summed E-state index contributed by atoms with van der Waals surface area (Å²) in [5.74, 6) is 0. The number of para-hydroxylation sites is 1. The van der Waals surface area contributed by atoms with E-state index in [1.165, 1.54) is 29.5 Å². The minimum absolute atomic E-state index is 0.238. The van der Waals surface area contributed by atoms with Crippen LogP contribution >= 0.6 is 11.3 Å². The molecule has 0 spiro atoms. The minimum atomic E-state index is -4.54. The predicted octanol–water partition coefficient (Wildman–Crippen LogP) is 6.35. The highest BCUT2D eigenvalue weighted by Gasteiger charge is 2.34. The Morgan fingerprint density at radius 1 is 1.03 bits per heavy atom. The molecule has 0 aliphatic rings. The number of hydrogen-bond donors (Lipinski definition) is 1. The fraction of sp³-hybridized carbons (Fsp3) is 0.227. The summed E-state index contributed by atoms with van der Waals surface area (Å²) in [7, 11) is 0. The van der Waals surface area contributed by atoms with E-state index in [-0.39, 0.29) is 5.69 Å². The van der Waals surface area contributed by atoms with E-state index in [4.69, 9.17) is 0 Å². The fourth-order valence-corrected chi connectivity index (χ4v) is 3.85. The average molecular weight is 418 g/mol. The van der Waals surface area contributed by atoms with E-state index in [1.807, 2.05) is 48.7 Å². The minimum Gasteiger partial charge on any atom is -0.319 e. The van der Waals surface area contributed by atoms with Gasteiger partial charge in [0.2, 0.25) is 0 Å². The van der Waals surface area contributed by atoms with E-state index in [1.54, 1.807) is 4.90 Å². The van der Waals surface area contributed by atoms with E-state index < -0.39 is 17.8 Å². The van der Waals surface area contributed by atoms with Crippen molar-refractivity contribution in [1.82, 2.24) is 4.90 Å². The van der Waals surface area contributed by atoms with Gasteiger partial charge in [-0.3, -0.25) is 0 Å². The van der Waals surface area contributed by atoms with Crippen molar-refractivity contribution in [3.05, 3.63) is 87.6 Å². The second kappa shape index (κ2) is 9.13. The van der Waals surface area contributed by atoms with Gasteiger partial charge in [0, 0.05) is 11.4 Å². The highest BCUT2D eigenvalue weighted by Crippen LogP contribution is 2.34. The van der Waals surface area contributed by atoms with Gasteiger partial charge in [0.25, 0.3) is 0 Å². The second-order valence-corrected chi connectivity index (χ2v) is 7.66. The van der Waals surface area contributed by atoms with E-state index >= 15 is 0 Å². The zero-order valence-electron chi connectivity index (χ0n) is 15.9. The molecule has 0 radical (unpaired) electrons. The lowest BCUT2D eigenvalue weighted by molar-refractivity contribution is -0.136. The molecule has 0 unspecified atom stereocenters. The van der Waals surface area contributed by atoms with E-state index in [2.05, 4.69) is 5.32 Å². The number of alkyl halides is 3. The number of amides is 2. The standard InChI is InChI=1S/C22H21F3N2OS/c1-16-12-14-29-20(16)15-27(13-11-17-7-3-2-4-8-17)21(28)26-19-10-6-5-9-18(19)22(23,24)25/h2-10,12,14H,11,13,15H2,1H3,(H,26,28). The van der Waals surface area contributed by atoms with Gasteiger partial charge in [-0.05, 0) is 48.1 Å². The smallest absolute Gasteiger partial charge is 0.319 e. The number of hydrogen-bond acceptors (Lipinski definition) is 2. The Kier molecular flexibility index (Phi) is 6.59. The monoisotopic (exact) mass is 418 g/mol. The summed E-state index contributed by atoms with van der Waals surface area (Å²) in [5.41, 5.74) is 1.02. The van der Waals surface area contributed by atoms with Crippen LogP contribution in [0.25, 0.3) is 0 Å². The number of thiophene rings is 1. The molecule has 152 valence electrons. The highest BCUT2D eigenvalue weighted by atomic mass is 32.1. The third-order valence-electron chi connectivity index (χ3n) is 4.58. The van der Waals surface area contributed by atoms with Gasteiger partial charge in [-0.2, -0.15) is 13.2 Å². The number of aryl methyl sites for hydroxylation is 1. The number of nitrogens with one attached hydrogen (secondary N) is 1. The van der Waals surface area contributed by atoms with E-state index in [0.29, 0.717) is 19.5 Å². The second-order valence-electron chi connectivity index (χ2n) is 6.66. The van der Waals surface area contributed by atoms with E-state index in [0.717, 1.165) is 22.1 Å². The number of carbonyl (C=O) groups excluding carboxylic acids is 1. The molecule has 1 heterocycles. The first-order valence-electron chi connectivity index (χ1n) is 9.13. The Morgan fingerprint density at radius 2 is 1.72 bits per heavy atom. The molecule has 1 aromatic heterocycles. The maximum absolute atomic E-state index is 13.3. The summed E-state index contributed by atoms with van der Waals surface area (Å²) >= 11 is 1.53. The number of anilines is 1. The Morgan fingerprint density at radius 3 is 2.38 bits per heavy atom. The van der Waals surface area contributed by atoms with Crippen molar-refractivity contribution in [2.75, 3.05) is 11.9 Å². The molecular weight excluding hydrogens is 397 g/mol. The maximum Gasteiger partial charge on any atom is 0.418 e. The van der Waals surface area contributed by atoms with Crippen LogP contribution in [0.4, 0.5) is 23.7 Å². The molecule has 3 nitrogen and oxygen atoms in total. The lowest BCUT2D eigenvalue weighted by Gasteiger charge is -2.24. The quantitative estimate of drug-likeness (QED) is 0.497.